The highest BCUT2D eigenvalue weighted by Gasteiger charge is 2.09. The maximum absolute atomic E-state index is 11.4. The second kappa shape index (κ2) is 21.9. The summed E-state index contributed by atoms with van der Waals surface area (Å²) < 4.78 is 1.20. The minimum atomic E-state index is -1.01. The lowest BCUT2D eigenvalue weighted by Crippen LogP contribution is -2.19. The molecule has 0 bridgehead atoms. The second-order valence-electron chi connectivity index (χ2n) is 9.79. The minimum absolute atomic E-state index is 0.0503. The Morgan fingerprint density at radius 3 is 1.56 bits per heavy atom. The molecule has 0 aromatic carbocycles. The number of carboxylic acids is 1. The molecule has 0 aliphatic carbocycles. The van der Waals surface area contributed by atoms with Crippen LogP contribution < -0.4 is 16.0 Å². The van der Waals surface area contributed by atoms with Crippen LogP contribution in [0.1, 0.15) is 60.3 Å². The molecule has 0 fully saturated rings. The highest BCUT2D eigenvalue weighted by atomic mass is 79.9. The molecule has 5 aromatic heterocycles. The fraction of sp³-hybridized carbons (Fsp3) is 0.143. The number of nitrogens with zero attached hydrogens (tertiary/aromatic N) is 5. The second-order valence-corrected chi connectivity index (χ2v) is 11.4. The minimum Gasteiger partial charge on any atom is -0.477 e. The van der Waals surface area contributed by atoms with Crippen LogP contribution in [-0.4, -0.2) is 85.9 Å². The van der Waals surface area contributed by atoms with E-state index in [0.29, 0.717) is 32.0 Å². The summed E-state index contributed by atoms with van der Waals surface area (Å²) in [6.45, 7) is 3.29. The molecule has 0 aliphatic heterocycles. The Kier molecular flexibility index (Phi) is 17.7. The van der Waals surface area contributed by atoms with Crippen molar-refractivity contribution in [3.05, 3.63) is 122 Å². The van der Waals surface area contributed by atoms with Crippen LogP contribution in [0.4, 0.5) is 0 Å². The monoisotopic (exact) mass is 833 g/mol. The molecule has 268 valence electrons. The number of carbonyl (C=O) groups excluding carboxylic acids is 4. The van der Waals surface area contributed by atoms with E-state index in [9.17, 15) is 24.0 Å². The number of aryl methyl sites for hydroxylation is 1. The summed E-state index contributed by atoms with van der Waals surface area (Å²) in [6, 6.07) is 22.0. The highest BCUT2D eigenvalue weighted by Crippen LogP contribution is 2.15. The summed E-state index contributed by atoms with van der Waals surface area (Å²) in [6.07, 6.45) is 0. The maximum Gasteiger partial charge on any atom is 0.354 e. The maximum atomic E-state index is 11.4. The lowest BCUT2D eigenvalue weighted by molar-refractivity contribution is -0.111. The molecule has 5 aromatic rings. The summed E-state index contributed by atoms with van der Waals surface area (Å²) >= 11 is 6.22. The van der Waals surface area contributed by atoms with E-state index in [1.165, 1.54) is 20.0 Å². The fourth-order valence-corrected chi connectivity index (χ4v) is 4.17. The Balaban J connectivity index is 0.000000245. The zero-order chi connectivity index (χ0) is 38.6. The number of carboxylic acid groups (broad SMARTS) is 1. The first-order valence-corrected chi connectivity index (χ1v) is 16.5. The van der Waals surface area contributed by atoms with Crippen LogP contribution in [0, 0.1) is 18.8 Å². The SMILES string of the molecule is CNC(=O)c1cccc(-c2cc(C)[nH]n2)n1.CNC(=O)c1cccc(Br)n1.CNC(=O)c1cccc(C#CC(C)=O)n1.O=C(O)c1cccc(Br)n1. The summed E-state index contributed by atoms with van der Waals surface area (Å²) in [5.41, 5.74) is 3.94. The van der Waals surface area contributed by atoms with Crippen LogP contribution in [0.3, 0.4) is 0 Å². The molecule has 0 spiro atoms. The Labute approximate surface area is 315 Å². The van der Waals surface area contributed by atoms with Gasteiger partial charge in [-0.05, 0) is 105 Å². The van der Waals surface area contributed by atoms with Crippen LogP contribution in [0.5, 0.6) is 0 Å². The van der Waals surface area contributed by atoms with Gasteiger partial charge in [0.1, 0.15) is 43.4 Å². The Morgan fingerprint density at radius 2 is 1.12 bits per heavy atom. The number of hydrogen-bond acceptors (Lipinski definition) is 10. The molecule has 3 amide bonds. The van der Waals surface area contributed by atoms with E-state index in [2.05, 4.69) is 89.8 Å². The van der Waals surface area contributed by atoms with Crippen molar-refractivity contribution in [2.24, 2.45) is 0 Å². The third-order valence-corrected chi connectivity index (χ3v) is 6.74. The number of aromatic nitrogens is 6. The van der Waals surface area contributed by atoms with Gasteiger partial charge < -0.3 is 21.1 Å². The molecule has 15 nitrogen and oxygen atoms in total. The quantitative estimate of drug-likeness (QED) is 0.124. The molecule has 0 unspecified atom stereocenters. The zero-order valence-corrected chi connectivity index (χ0v) is 31.7. The first kappa shape index (κ1) is 42.0. The number of ketones is 1. The summed E-state index contributed by atoms with van der Waals surface area (Å²) in [7, 11) is 4.68. The number of hydrogen-bond donors (Lipinski definition) is 5. The van der Waals surface area contributed by atoms with Crippen molar-refractivity contribution in [2.75, 3.05) is 21.1 Å². The van der Waals surface area contributed by atoms with Crippen molar-refractivity contribution < 1.29 is 29.1 Å². The number of amides is 3. The van der Waals surface area contributed by atoms with Crippen LogP contribution >= 0.6 is 31.9 Å². The van der Waals surface area contributed by atoms with Gasteiger partial charge in [-0.1, -0.05) is 24.3 Å². The molecule has 0 radical (unpaired) electrons. The highest BCUT2D eigenvalue weighted by molar-refractivity contribution is 9.10. The van der Waals surface area contributed by atoms with Gasteiger partial charge in [0, 0.05) is 33.8 Å². The molecule has 0 aliphatic rings. The predicted octanol–water partition coefficient (Wildman–Crippen LogP) is 4.27. The summed E-state index contributed by atoms with van der Waals surface area (Å²) in [5.74, 6) is 3.04. The number of Topliss-reactive ketones (excluding diaryl/α,β-unsaturated/α-hetero) is 1. The van der Waals surface area contributed by atoms with Crippen LogP contribution in [0.25, 0.3) is 11.4 Å². The van der Waals surface area contributed by atoms with Gasteiger partial charge >= 0.3 is 5.97 Å². The van der Waals surface area contributed by atoms with E-state index < -0.39 is 5.97 Å². The number of rotatable bonds is 5. The lowest BCUT2D eigenvalue weighted by Gasteiger charge is -2.00. The van der Waals surface area contributed by atoms with Gasteiger partial charge in [0.15, 0.2) is 0 Å². The predicted molar refractivity (Wildman–Crippen MR) is 199 cm³/mol. The van der Waals surface area contributed by atoms with Gasteiger partial charge in [-0.15, -0.1) is 0 Å². The number of carbonyl (C=O) groups is 5. The van der Waals surface area contributed by atoms with Crippen LogP contribution in [0.2, 0.25) is 0 Å². The Hall–Kier alpha value is -6.12. The number of aromatic carboxylic acids is 1. The normalized spacial score (nSPS) is 9.37. The zero-order valence-electron chi connectivity index (χ0n) is 28.5. The van der Waals surface area contributed by atoms with Crippen molar-refractivity contribution in [3.63, 3.8) is 0 Å². The van der Waals surface area contributed by atoms with Gasteiger partial charge in [-0.3, -0.25) is 24.3 Å². The van der Waals surface area contributed by atoms with Gasteiger partial charge in [-0.25, -0.2) is 24.7 Å². The van der Waals surface area contributed by atoms with E-state index in [1.807, 2.05) is 19.1 Å². The third-order valence-electron chi connectivity index (χ3n) is 5.86. The molecule has 5 N–H and O–H groups in total. The van der Waals surface area contributed by atoms with Gasteiger partial charge in [0.2, 0.25) is 5.78 Å². The van der Waals surface area contributed by atoms with Crippen molar-refractivity contribution >= 4 is 61.3 Å². The molecular formula is C35H33Br2N9O6. The summed E-state index contributed by atoms with van der Waals surface area (Å²) in [5, 5.41) is 22.8. The van der Waals surface area contributed by atoms with Crippen LogP contribution in [0.15, 0.2) is 88.1 Å². The van der Waals surface area contributed by atoms with Gasteiger partial charge in [-0.2, -0.15) is 5.10 Å². The summed E-state index contributed by atoms with van der Waals surface area (Å²) in [4.78, 5) is 70.3. The molecule has 17 heteroatoms. The van der Waals surface area contributed by atoms with Crippen molar-refractivity contribution in [1.29, 1.82) is 0 Å². The van der Waals surface area contributed by atoms with Crippen molar-refractivity contribution in [1.82, 2.24) is 46.1 Å². The molecule has 5 heterocycles. The largest absolute Gasteiger partial charge is 0.477 e. The Morgan fingerprint density at radius 1 is 0.654 bits per heavy atom. The average Bonchev–Trinajstić information content (AvgIpc) is 3.60. The molecule has 0 saturated heterocycles. The first-order chi connectivity index (χ1) is 24.8. The number of pyridine rings is 4. The van der Waals surface area contributed by atoms with Crippen molar-refractivity contribution in [3.8, 4) is 23.2 Å². The van der Waals surface area contributed by atoms with E-state index in [4.69, 9.17) is 5.11 Å². The van der Waals surface area contributed by atoms with Gasteiger partial charge in [0.05, 0.1) is 5.69 Å². The molecular weight excluding hydrogens is 802 g/mol. The average molecular weight is 836 g/mol. The molecule has 0 saturated carbocycles. The molecule has 0 atom stereocenters. The number of H-pyrrole nitrogens is 1. The molecule has 5 rings (SSSR count). The lowest BCUT2D eigenvalue weighted by atomic mass is 10.2. The molecule has 52 heavy (non-hydrogen) atoms. The van der Waals surface area contributed by atoms with Crippen molar-refractivity contribution in [2.45, 2.75) is 13.8 Å². The van der Waals surface area contributed by atoms with E-state index >= 15 is 0 Å². The van der Waals surface area contributed by atoms with E-state index in [-0.39, 0.29) is 34.9 Å². The standard InChI is InChI=1S/C11H12N4O.C11H10N2O2.C7H7BrN2O.C6H4BrNO2/c1-7-6-10(15-14-7)8-4-3-5-9(13-8)11(16)12-2;1-8(14)6-7-9-4-3-5-10(13-9)11(15)12-2;1-9-7(11)5-3-2-4-6(8)10-5;7-5-3-1-2-4(8-5)6(9)10/h3-6H,1-2H3,(H,12,16)(H,14,15);3-5H,1-2H3,(H,12,15);2-4H,1H3,(H,9,11);1-3H,(H,9,10). The topological polar surface area (TPSA) is 222 Å². The number of aromatic amines is 1. The number of nitrogens with one attached hydrogen (secondary N) is 4. The smallest absolute Gasteiger partial charge is 0.354 e. The first-order valence-electron chi connectivity index (χ1n) is 14.9. The van der Waals surface area contributed by atoms with Gasteiger partial charge in [0.25, 0.3) is 17.7 Å². The Bertz CT molecular complexity index is 2090. The number of halogens is 2. The van der Waals surface area contributed by atoms with E-state index in [1.54, 1.807) is 74.8 Å². The third kappa shape index (κ3) is 14.8. The van der Waals surface area contributed by atoms with E-state index in [0.717, 1.165) is 11.4 Å². The fourth-order valence-electron chi connectivity index (χ4n) is 3.48. The van der Waals surface area contributed by atoms with Crippen LogP contribution in [-0.2, 0) is 4.79 Å².